The molecule has 0 saturated carbocycles. The molecule has 0 aliphatic carbocycles. The molecule has 0 radical (unpaired) electrons. The lowest BCUT2D eigenvalue weighted by molar-refractivity contribution is -0.386. The number of ether oxygens (including phenoxy) is 5. The maximum Gasteiger partial charge on any atom is 0.312 e. The molecular formula is C26H27NO10S. The third kappa shape index (κ3) is 5.75. The van der Waals surface area contributed by atoms with Crippen LogP contribution in [0.15, 0.2) is 47.4 Å². The van der Waals surface area contributed by atoms with E-state index in [1.807, 2.05) is 0 Å². The number of benzene rings is 3. The van der Waals surface area contributed by atoms with E-state index in [1.165, 1.54) is 59.8 Å². The van der Waals surface area contributed by atoms with Crippen molar-refractivity contribution in [3.8, 4) is 34.5 Å². The van der Waals surface area contributed by atoms with Gasteiger partial charge in [0.25, 0.3) is 0 Å². The minimum absolute atomic E-state index is 0.0383. The molecule has 0 aromatic heterocycles. The molecule has 1 N–H and O–H groups in total. The number of phenols is 1. The zero-order chi connectivity index (χ0) is 28.0. The molecule has 0 amide bonds. The first-order chi connectivity index (χ1) is 18.1. The Kier molecular flexibility index (Phi) is 8.68. The lowest BCUT2D eigenvalue weighted by Crippen LogP contribution is -2.09. The molecule has 3 aromatic carbocycles. The SMILES string of the molecule is COc1ccc(S(=O)(=O)Cc2c(/C=C\c3cc(OC)c(OC)c(OC)c3)ccc(O)c2OC)cc1[N+](=O)[O-]. The van der Waals surface area contributed by atoms with Gasteiger partial charge in [0.05, 0.1) is 51.1 Å². The van der Waals surface area contributed by atoms with Crippen LogP contribution in [-0.2, 0) is 15.6 Å². The quantitative estimate of drug-likeness (QED) is 0.208. The van der Waals surface area contributed by atoms with Crippen LogP contribution >= 0.6 is 0 Å². The Morgan fingerprint density at radius 1 is 0.816 bits per heavy atom. The van der Waals surface area contributed by atoms with Crippen LogP contribution in [-0.4, -0.2) is 54.0 Å². The van der Waals surface area contributed by atoms with Gasteiger partial charge in [0, 0.05) is 11.6 Å². The van der Waals surface area contributed by atoms with Gasteiger partial charge in [-0.15, -0.1) is 0 Å². The smallest absolute Gasteiger partial charge is 0.312 e. The molecule has 11 nitrogen and oxygen atoms in total. The number of rotatable bonds is 11. The highest BCUT2D eigenvalue weighted by atomic mass is 32.2. The lowest BCUT2D eigenvalue weighted by atomic mass is 10.0. The number of hydrogen-bond donors (Lipinski definition) is 1. The van der Waals surface area contributed by atoms with Crippen molar-refractivity contribution < 1.29 is 42.1 Å². The van der Waals surface area contributed by atoms with E-state index in [4.69, 9.17) is 23.7 Å². The van der Waals surface area contributed by atoms with Gasteiger partial charge in [0.15, 0.2) is 38.6 Å². The number of nitro groups is 1. The monoisotopic (exact) mass is 545 g/mol. The van der Waals surface area contributed by atoms with Gasteiger partial charge in [-0.25, -0.2) is 8.42 Å². The van der Waals surface area contributed by atoms with E-state index in [0.717, 1.165) is 6.07 Å². The molecule has 202 valence electrons. The summed E-state index contributed by atoms with van der Waals surface area (Å²) in [4.78, 5) is 10.4. The Balaban J connectivity index is 2.10. The van der Waals surface area contributed by atoms with Crippen LogP contribution in [0.4, 0.5) is 5.69 Å². The van der Waals surface area contributed by atoms with Crippen LogP contribution in [0, 0.1) is 10.1 Å². The highest BCUT2D eigenvalue weighted by molar-refractivity contribution is 7.90. The first-order valence-corrected chi connectivity index (χ1v) is 12.7. The van der Waals surface area contributed by atoms with Crippen LogP contribution in [0.1, 0.15) is 16.7 Å². The van der Waals surface area contributed by atoms with Crippen molar-refractivity contribution in [3.05, 3.63) is 69.3 Å². The minimum Gasteiger partial charge on any atom is -0.504 e. The van der Waals surface area contributed by atoms with Crippen molar-refractivity contribution in [1.82, 2.24) is 0 Å². The highest BCUT2D eigenvalue weighted by Gasteiger charge is 2.26. The minimum atomic E-state index is -4.12. The van der Waals surface area contributed by atoms with Crippen molar-refractivity contribution in [3.63, 3.8) is 0 Å². The standard InChI is InChI=1S/C26H27NO10S/c1-33-22-11-9-18(14-20(22)27(29)30)38(31,32)15-19-17(8-10-21(28)25(19)36-4)7-6-16-12-23(34-2)26(37-5)24(13-16)35-3/h6-14,28H,15H2,1-5H3/b7-6-. The summed E-state index contributed by atoms with van der Waals surface area (Å²) < 4.78 is 53.1. The average molecular weight is 546 g/mol. The van der Waals surface area contributed by atoms with Gasteiger partial charge in [-0.3, -0.25) is 10.1 Å². The Morgan fingerprint density at radius 2 is 1.42 bits per heavy atom. The van der Waals surface area contributed by atoms with Gasteiger partial charge in [-0.05, 0) is 41.5 Å². The zero-order valence-corrected chi connectivity index (χ0v) is 22.2. The second kappa shape index (κ2) is 11.7. The maximum absolute atomic E-state index is 13.3. The molecule has 0 aliphatic rings. The Hall–Kier alpha value is -4.45. The van der Waals surface area contributed by atoms with Crippen molar-refractivity contribution in [2.75, 3.05) is 35.5 Å². The number of nitro benzene ring substituents is 1. The van der Waals surface area contributed by atoms with Gasteiger partial charge in [-0.2, -0.15) is 0 Å². The van der Waals surface area contributed by atoms with E-state index < -0.39 is 26.2 Å². The summed E-state index contributed by atoms with van der Waals surface area (Å²) in [6, 6.07) is 9.72. The lowest BCUT2D eigenvalue weighted by Gasteiger charge is -2.15. The second-order valence-corrected chi connectivity index (χ2v) is 9.82. The highest BCUT2D eigenvalue weighted by Crippen LogP contribution is 2.40. The van der Waals surface area contributed by atoms with Crippen LogP contribution < -0.4 is 23.7 Å². The van der Waals surface area contributed by atoms with Crippen LogP contribution in [0.3, 0.4) is 0 Å². The summed E-state index contributed by atoms with van der Waals surface area (Å²) in [7, 11) is 2.90. The molecule has 3 aromatic rings. The summed E-state index contributed by atoms with van der Waals surface area (Å²) in [5, 5.41) is 21.8. The Morgan fingerprint density at radius 3 is 1.95 bits per heavy atom. The van der Waals surface area contributed by atoms with Crippen molar-refractivity contribution >= 4 is 27.7 Å². The fourth-order valence-corrected chi connectivity index (χ4v) is 5.24. The van der Waals surface area contributed by atoms with Gasteiger partial charge < -0.3 is 28.8 Å². The summed E-state index contributed by atoms with van der Waals surface area (Å²) in [5.41, 5.74) is 0.764. The summed E-state index contributed by atoms with van der Waals surface area (Å²) in [5.74, 6) is 0.296. The van der Waals surface area contributed by atoms with Gasteiger partial charge in [0.2, 0.25) is 5.75 Å². The fraction of sp³-hybridized carbons (Fsp3) is 0.231. The normalized spacial score (nSPS) is 11.3. The van der Waals surface area contributed by atoms with E-state index >= 15 is 0 Å². The molecule has 0 bridgehead atoms. The predicted octanol–water partition coefficient (Wildman–Crippen LogP) is 4.49. The Labute approximate surface area is 219 Å². The molecule has 12 heteroatoms. The van der Waals surface area contributed by atoms with Gasteiger partial charge in [-0.1, -0.05) is 18.2 Å². The molecule has 0 heterocycles. The number of nitrogens with zero attached hydrogens (tertiary/aromatic N) is 1. The molecule has 0 fully saturated rings. The molecule has 0 spiro atoms. The summed E-state index contributed by atoms with van der Waals surface area (Å²) in [6.07, 6.45) is 3.34. The number of methoxy groups -OCH3 is 5. The Bertz CT molecular complexity index is 1460. The van der Waals surface area contributed by atoms with Crippen LogP contribution in [0.25, 0.3) is 12.2 Å². The van der Waals surface area contributed by atoms with Crippen molar-refractivity contribution in [2.45, 2.75) is 10.6 Å². The number of phenolic OH excluding ortho intramolecular Hbond substituents is 1. The third-order valence-electron chi connectivity index (χ3n) is 5.66. The molecule has 0 aliphatic heterocycles. The van der Waals surface area contributed by atoms with Crippen LogP contribution in [0.5, 0.6) is 34.5 Å². The van der Waals surface area contributed by atoms with Crippen molar-refractivity contribution in [2.24, 2.45) is 0 Å². The molecule has 3 rings (SSSR count). The first kappa shape index (κ1) is 28.1. The fourth-order valence-electron chi connectivity index (χ4n) is 3.83. The van der Waals surface area contributed by atoms with E-state index in [1.54, 1.807) is 24.3 Å². The molecule has 0 atom stereocenters. The van der Waals surface area contributed by atoms with E-state index in [0.29, 0.717) is 28.4 Å². The number of sulfone groups is 1. The van der Waals surface area contributed by atoms with E-state index in [-0.39, 0.29) is 27.7 Å². The summed E-state index contributed by atoms with van der Waals surface area (Å²) in [6.45, 7) is 0. The number of hydrogen-bond acceptors (Lipinski definition) is 10. The number of aromatic hydroxyl groups is 1. The average Bonchev–Trinajstić information content (AvgIpc) is 2.91. The summed E-state index contributed by atoms with van der Waals surface area (Å²) >= 11 is 0. The molecule has 0 unspecified atom stereocenters. The molecule has 0 saturated heterocycles. The van der Waals surface area contributed by atoms with Crippen LogP contribution in [0.2, 0.25) is 0 Å². The first-order valence-electron chi connectivity index (χ1n) is 11.0. The third-order valence-corrected chi connectivity index (χ3v) is 7.30. The molecular weight excluding hydrogens is 518 g/mol. The maximum atomic E-state index is 13.3. The van der Waals surface area contributed by atoms with Gasteiger partial charge >= 0.3 is 5.69 Å². The van der Waals surface area contributed by atoms with E-state index in [9.17, 15) is 23.6 Å². The predicted molar refractivity (Wildman–Crippen MR) is 140 cm³/mol. The van der Waals surface area contributed by atoms with Crippen molar-refractivity contribution in [1.29, 1.82) is 0 Å². The zero-order valence-electron chi connectivity index (χ0n) is 21.4. The topological polar surface area (TPSA) is 144 Å². The van der Waals surface area contributed by atoms with E-state index in [2.05, 4.69) is 0 Å². The largest absolute Gasteiger partial charge is 0.504 e. The van der Waals surface area contributed by atoms with Gasteiger partial charge in [0.1, 0.15) is 0 Å². The molecule has 38 heavy (non-hydrogen) atoms. The second-order valence-electron chi connectivity index (χ2n) is 7.83.